The Balaban J connectivity index is 0.00000233. The minimum absolute atomic E-state index is 0.0598. The molecule has 0 heterocycles. The largest absolute Gasteiger partial charge is 0.508 e. The summed E-state index contributed by atoms with van der Waals surface area (Å²) >= 11 is 6.28. The van der Waals surface area contributed by atoms with Gasteiger partial charge in [-0.15, -0.1) is 11.8 Å². The zero-order valence-corrected chi connectivity index (χ0v) is 19.8. The number of ether oxygens (including phenoxy) is 1. The second kappa shape index (κ2) is 14.2. The number of carbonyl (C=O) groups excluding carboxylic acids is 2. The van der Waals surface area contributed by atoms with Crippen LogP contribution < -0.4 is 10.1 Å². The molecule has 2 amide bonds. The number of aromatic hydroxyl groups is 1. The van der Waals surface area contributed by atoms with Crippen molar-refractivity contribution < 1.29 is 19.4 Å². The molecule has 0 aliphatic rings. The standard InChI is InChI=1S/C21H22N2O4S2.C2H6/c1-27-18-9-4-3-6-15(18)12-19(29-2)21(26)23(14-28)11-10-20(25)22-16-7-5-8-17(24)13-16;1-2/h3-9,12-14,24H,10-11H2,1-2H3,(H,22,25);1-2H3/b19-12-;. The SMILES string of the molecule is CC.COc1ccccc1/C=C(\SC)C(=O)N(C=S)CCC(=O)Nc1cccc(O)c1. The molecule has 0 unspecified atom stereocenters. The van der Waals surface area contributed by atoms with Crippen LogP contribution in [0.25, 0.3) is 6.08 Å². The highest BCUT2D eigenvalue weighted by Gasteiger charge is 2.18. The van der Waals surface area contributed by atoms with Crippen molar-refractivity contribution in [2.24, 2.45) is 0 Å². The van der Waals surface area contributed by atoms with Crippen LogP contribution in [0.5, 0.6) is 11.5 Å². The molecule has 8 heteroatoms. The van der Waals surface area contributed by atoms with E-state index in [2.05, 4.69) is 5.32 Å². The molecule has 166 valence electrons. The number of benzene rings is 2. The average Bonchev–Trinajstić information content (AvgIpc) is 2.79. The first-order chi connectivity index (χ1) is 15.0. The first-order valence-corrected chi connectivity index (χ1v) is 11.4. The van der Waals surface area contributed by atoms with Crippen LogP contribution in [0, 0.1) is 0 Å². The molecule has 0 saturated carbocycles. The first kappa shape index (κ1) is 26.2. The van der Waals surface area contributed by atoms with Crippen molar-refractivity contribution in [1.82, 2.24) is 4.90 Å². The number of amides is 2. The van der Waals surface area contributed by atoms with Gasteiger partial charge in [0.2, 0.25) is 5.91 Å². The molecule has 2 rings (SSSR count). The quantitative estimate of drug-likeness (QED) is 0.407. The van der Waals surface area contributed by atoms with Gasteiger partial charge in [0, 0.05) is 30.3 Å². The molecule has 0 aliphatic heterocycles. The fraction of sp³-hybridized carbons (Fsp3) is 0.261. The minimum Gasteiger partial charge on any atom is -0.508 e. The van der Waals surface area contributed by atoms with E-state index in [0.29, 0.717) is 16.3 Å². The Morgan fingerprint density at radius 1 is 1.19 bits per heavy atom. The molecule has 2 N–H and O–H groups in total. The predicted molar refractivity (Wildman–Crippen MR) is 133 cm³/mol. The molecule has 0 spiro atoms. The van der Waals surface area contributed by atoms with E-state index < -0.39 is 0 Å². The number of methoxy groups -OCH3 is 1. The van der Waals surface area contributed by atoms with E-state index in [9.17, 15) is 14.7 Å². The summed E-state index contributed by atoms with van der Waals surface area (Å²) in [7, 11) is 1.57. The Morgan fingerprint density at radius 3 is 2.52 bits per heavy atom. The summed E-state index contributed by atoms with van der Waals surface area (Å²) in [6.07, 6.45) is 3.60. The second-order valence-corrected chi connectivity index (χ2v) is 6.97. The van der Waals surface area contributed by atoms with Gasteiger partial charge in [0.05, 0.1) is 17.5 Å². The maximum absolute atomic E-state index is 12.9. The molecule has 0 radical (unpaired) electrons. The smallest absolute Gasteiger partial charge is 0.264 e. The predicted octanol–water partition coefficient (Wildman–Crippen LogP) is 4.95. The zero-order chi connectivity index (χ0) is 23.2. The van der Waals surface area contributed by atoms with Crippen LogP contribution in [-0.2, 0) is 9.59 Å². The van der Waals surface area contributed by atoms with Crippen LogP contribution in [0.3, 0.4) is 0 Å². The minimum atomic E-state index is -0.288. The number of hydrogen-bond acceptors (Lipinski definition) is 6. The normalized spacial score (nSPS) is 10.4. The third-order valence-corrected chi connectivity index (χ3v) is 4.94. The lowest BCUT2D eigenvalue weighted by Crippen LogP contribution is -2.32. The zero-order valence-electron chi connectivity index (χ0n) is 18.1. The highest BCUT2D eigenvalue weighted by atomic mass is 32.2. The number of anilines is 1. The Hall–Kier alpha value is -2.84. The molecule has 0 saturated heterocycles. The number of hydrogen-bond donors (Lipinski definition) is 2. The van der Waals surface area contributed by atoms with Gasteiger partial charge in [0.25, 0.3) is 5.91 Å². The molecule has 0 atom stereocenters. The maximum atomic E-state index is 12.9. The van der Waals surface area contributed by atoms with E-state index in [1.165, 1.54) is 34.3 Å². The van der Waals surface area contributed by atoms with Gasteiger partial charge in [-0.05, 0) is 30.5 Å². The second-order valence-electron chi connectivity index (χ2n) is 5.91. The summed E-state index contributed by atoms with van der Waals surface area (Å²) in [5.41, 5.74) is 2.51. The van der Waals surface area contributed by atoms with Gasteiger partial charge < -0.3 is 20.1 Å². The van der Waals surface area contributed by atoms with Gasteiger partial charge in [0.1, 0.15) is 11.5 Å². The molecule has 2 aromatic carbocycles. The molecule has 0 aromatic heterocycles. The summed E-state index contributed by atoms with van der Waals surface area (Å²) in [5, 5.41) is 12.1. The number of phenols is 1. The van der Waals surface area contributed by atoms with Gasteiger partial charge in [-0.25, -0.2) is 0 Å². The van der Waals surface area contributed by atoms with Crippen molar-refractivity contribution >= 4 is 53.0 Å². The maximum Gasteiger partial charge on any atom is 0.264 e. The Morgan fingerprint density at radius 2 is 1.90 bits per heavy atom. The number of thioether (sulfide) groups is 1. The average molecular weight is 461 g/mol. The number of rotatable bonds is 9. The third-order valence-electron chi connectivity index (χ3n) is 3.95. The summed E-state index contributed by atoms with van der Waals surface area (Å²) in [6.45, 7) is 4.14. The Kier molecular flexibility index (Phi) is 12.0. The lowest BCUT2D eigenvalue weighted by atomic mass is 10.2. The van der Waals surface area contributed by atoms with E-state index >= 15 is 0 Å². The van der Waals surface area contributed by atoms with Gasteiger partial charge in [0.15, 0.2) is 0 Å². The van der Waals surface area contributed by atoms with E-state index in [1.807, 2.05) is 38.1 Å². The summed E-state index contributed by atoms with van der Waals surface area (Å²) < 4.78 is 5.32. The molecule has 2 aromatic rings. The number of phenolic OH excluding ortho intramolecular Hbond substituents is 1. The highest BCUT2D eigenvalue weighted by molar-refractivity contribution is 8.03. The molecule has 0 aliphatic carbocycles. The van der Waals surface area contributed by atoms with Crippen molar-refractivity contribution in [3.8, 4) is 11.5 Å². The highest BCUT2D eigenvalue weighted by Crippen LogP contribution is 2.25. The van der Waals surface area contributed by atoms with Crippen LogP contribution in [0.15, 0.2) is 53.4 Å². The first-order valence-electron chi connectivity index (χ1n) is 9.72. The molecule has 31 heavy (non-hydrogen) atoms. The van der Waals surface area contributed by atoms with Crippen molar-refractivity contribution in [2.45, 2.75) is 20.3 Å². The van der Waals surface area contributed by atoms with Crippen molar-refractivity contribution in [3.05, 3.63) is 59.0 Å². The molecular formula is C23H28N2O4S2. The van der Waals surface area contributed by atoms with Crippen LogP contribution in [0.4, 0.5) is 5.69 Å². The Labute approximate surface area is 193 Å². The van der Waals surface area contributed by atoms with Crippen molar-refractivity contribution in [1.29, 1.82) is 0 Å². The molecular weight excluding hydrogens is 432 g/mol. The van der Waals surface area contributed by atoms with Gasteiger partial charge in [-0.1, -0.05) is 50.3 Å². The number of thiocarbonyl (C=S) groups is 1. The van der Waals surface area contributed by atoms with E-state index in [1.54, 1.807) is 31.6 Å². The molecule has 0 bridgehead atoms. The fourth-order valence-corrected chi connectivity index (χ4v) is 3.25. The Bertz CT molecular complexity index is 916. The van der Waals surface area contributed by atoms with E-state index in [-0.39, 0.29) is 30.5 Å². The van der Waals surface area contributed by atoms with Crippen molar-refractivity contribution in [3.63, 3.8) is 0 Å². The summed E-state index contributed by atoms with van der Waals surface area (Å²) in [4.78, 5) is 26.8. The number of para-hydroxylation sites is 1. The number of nitrogens with one attached hydrogen (secondary N) is 1. The monoisotopic (exact) mass is 460 g/mol. The summed E-state index contributed by atoms with van der Waals surface area (Å²) in [6, 6.07) is 13.6. The van der Waals surface area contributed by atoms with Crippen LogP contribution in [0.1, 0.15) is 25.8 Å². The van der Waals surface area contributed by atoms with Gasteiger partial charge in [-0.3, -0.25) is 9.59 Å². The van der Waals surface area contributed by atoms with Crippen LogP contribution in [0.2, 0.25) is 0 Å². The lowest BCUT2D eigenvalue weighted by Gasteiger charge is -2.18. The van der Waals surface area contributed by atoms with Gasteiger partial charge in [-0.2, -0.15) is 0 Å². The van der Waals surface area contributed by atoms with Crippen molar-refractivity contribution in [2.75, 3.05) is 25.2 Å². The van der Waals surface area contributed by atoms with Crippen LogP contribution >= 0.6 is 24.0 Å². The lowest BCUT2D eigenvalue weighted by molar-refractivity contribution is -0.123. The third kappa shape index (κ3) is 8.43. The van der Waals surface area contributed by atoms with Crippen LogP contribution in [-0.4, -0.2) is 47.2 Å². The summed E-state index contributed by atoms with van der Waals surface area (Å²) in [5.74, 6) is 0.143. The topological polar surface area (TPSA) is 78.9 Å². The van der Waals surface area contributed by atoms with Gasteiger partial charge >= 0.3 is 0 Å². The fourth-order valence-electron chi connectivity index (χ4n) is 2.51. The molecule has 6 nitrogen and oxygen atoms in total. The number of carbonyl (C=O) groups is 2. The van der Waals surface area contributed by atoms with E-state index in [4.69, 9.17) is 17.0 Å². The van der Waals surface area contributed by atoms with E-state index in [0.717, 1.165) is 5.56 Å². The molecule has 0 fully saturated rings. The number of nitrogens with zero attached hydrogens (tertiary/aromatic N) is 1.